The number of carbonyl (C=O) groups is 1. The third-order valence-corrected chi connectivity index (χ3v) is 4.19. The highest BCUT2D eigenvalue weighted by Crippen LogP contribution is 2.27. The molecular formula is C22H20F3N3O4. The van der Waals surface area contributed by atoms with Crippen LogP contribution in [0.25, 0.3) is 0 Å². The molecule has 7 nitrogen and oxygen atoms in total. The number of pyridine rings is 1. The number of alkyl halides is 3. The Bertz CT molecular complexity index is 1060. The lowest BCUT2D eigenvalue weighted by Gasteiger charge is -2.11. The second-order valence-electron chi connectivity index (χ2n) is 6.62. The van der Waals surface area contributed by atoms with Crippen LogP contribution in [-0.4, -0.2) is 24.4 Å². The summed E-state index contributed by atoms with van der Waals surface area (Å²) in [5.74, 6) is 0.250. The van der Waals surface area contributed by atoms with Gasteiger partial charge in [0, 0.05) is 13.7 Å². The van der Waals surface area contributed by atoms with E-state index >= 15 is 0 Å². The van der Waals surface area contributed by atoms with E-state index in [9.17, 15) is 18.0 Å². The van der Waals surface area contributed by atoms with E-state index in [0.29, 0.717) is 23.8 Å². The summed E-state index contributed by atoms with van der Waals surface area (Å²) in [5.41, 5.74) is 7.55. The van der Waals surface area contributed by atoms with Gasteiger partial charge in [0.25, 0.3) is 5.91 Å². The van der Waals surface area contributed by atoms with Gasteiger partial charge in [-0.1, -0.05) is 12.1 Å². The van der Waals surface area contributed by atoms with Crippen LogP contribution in [0.3, 0.4) is 0 Å². The van der Waals surface area contributed by atoms with Gasteiger partial charge >= 0.3 is 6.36 Å². The zero-order valence-corrected chi connectivity index (χ0v) is 17.0. The van der Waals surface area contributed by atoms with Crippen molar-refractivity contribution in [3.8, 4) is 17.2 Å². The van der Waals surface area contributed by atoms with Crippen molar-refractivity contribution in [3.05, 3.63) is 77.5 Å². The molecule has 0 atom stereocenters. The first-order chi connectivity index (χ1) is 15.2. The van der Waals surface area contributed by atoms with E-state index in [1.807, 2.05) is 0 Å². The van der Waals surface area contributed by atoms with Crippen molar-refractivity contribution < 1.29 is 32.2 Å². The lowest BCUT2D eigenvalue weighted by Crippen LogP contribution is -2.24. The largest absolute Gasteiger partial charge is 0.573 e. The molecule has 0 unspecified atom stereocenters. The molecule has 0 radical (unpaired) electrons. The molecule has 2 aromatic carbocycles. The van der Waals surface area contributed by atoms with E-state index in [2.05, 4.69) is 15.0 Å². The minimum absolute atomic E-state index is 0.118. The number of aromatic nitrogens is 1. The Labute approximate surface area is 181 Å². The van der Waals surface area contributed by atoms with Crippen molar-refractivity contribution in [1.29, 1.82) is 0 Å². The summed E-state index contributed by atoms with van der Waals surface area (Å²) < 4.78 is 51.0. The van der Waals surface area contributed by atoms with Crippen LogP contribution in [0.15, 0.2) is 60.7 Å². The summed E-state index contributed by atoms with van der Waals surface area (Å²) in [7, 11) is 1.54. The van der Waals surface area contributed by atoms with Crippen LogP contribution in [0.4, 0.5) is 19.0 Å². The predicted octanol–water partition coefficient (Wildman–Crippen LogP) is 4.43. The lowest BCUT2D eigenvalue weighted by atomic mass is 10.2. The zero-order chi connectivity index (χ0) is 23.1. The standard InChI is InChI=1S/C22H20F3N3O4/c1-30-13-15-4-11-19(20(26)28-15)21(29)27-12-14-2-5-16(6-3-14)31-17-7-9-18(10-8-17)32-22(23,24)25/h2-11H,12-13H2,1H3,(H2,26,28)(H,27,29). The average Bonchev–Trinajstić information content (AvgIpc) is 2.74. The maximum atomic E-state index is 12.4. The molecule has 3 rings (SSSR count). The number of nitrogen functional groups attached to an aromatic ring is 1. The molecule has 0 bridgehead atoms. The van der Waals surface area contributed by atoms with Crippen molar-refractivity contribution in [1.82, 2.24) is 10.3 Å². The normalized spacial score (nSPS) is 11.1. The van der Waals surface area contributed by atoms with E-state index in [-0.39, 0.29) is 29.6 Å². The van der Waals surface area contributed by atoms with Gasteiger partial charge in [0.15, 0.2) is 0 Å². The first-order valence-corrected chi connectivity index (χ1v) is 9.38. The second-order valence-corrected chi connectivity index (χ2v) is 6.62. The molecule has 0 saturated heterocycles. The van der Waals surface area contributed by atoms with Gasteiger partial charge in [-0.15, -0.1) is 13.2 Å². The number of hydrogen-bond acceptors (Lipinski definition) is 6. The van der Waals surface area contributed by atoms with E-state index in [1.54, 1.807) is 36.4 Å². The molecule has 3 aromatic rings. The molecule has 10 heteroatoms. The van der Waals surface area contributed by atoms with E-state index in [1.165, 1.54) is 19.2 Å². The number of ether oxygens (including phenoxy) is 3. The van der Waals surface area contributed by atoms with E-state index in [4.69, 9.17) is 15.2 Å². The molecule has 0 fully saturated rings. The summed E-state index contributed by atoms with van der Waals surface area (Å²) in [6.45, 7) is 0.549. The number of methoxy groups -OCH3 is 1. The SMILES string of the molecule is COCc1ccc(C(=O)NCc2ccc(Oc3ccc(OC(F)(F)F)cc3)cc2)c(N)n1. The van der Waals surface area contributed by atoms with Gasteiger partial charge in [0.2, 0.25) is 0 Å². The Hall–Kier alpha value is -3.79. The number of carbonyl (C=O) groups excluding carboxylic acids is 1. The van der Waals surface area contributed by atoms with Gasteiger partial charge in [-0.2, -0.15) is 0 Å². The highest BCUT2D eigenvalue weighted by atomic mass is 19.4. The molecule has 3 N–H and O–H groups in total. The molecule has 32 heavy (non-hydrogen) atoms. The van der Waals surface area contributed by atoms with Crippen molar-refractivity contribution in [2.75, 3.05) is 12.8 Å². The van der Waals surface area contributed by atoms with Crippen LogP contribution in [0.1, 0.15) is 21.6 Å². The smallest absolute Gasteiger partial charge is 0.457 e. The van der Waals surface area contributed by atoms with Crippen LogP contribution < -0.4 is 20.5 Å². The zero-order valence-electron chi connectivity index (χ0n) is 17.0. The number of nitrogens with two attached hydrogens (primary N) is 1. The van der Waals surface area contributed by atoms with Gasteiger partial charge in [-0.3, -0.25) is 4.79 Å². The van der Waals surface area contributed by atoms with Crippen molar-refractivity contribution in [3.63, 3.8) is 0 Å². The average molecular weight is 447 g/mol. The van der Waals surface area contributed by atoms with Gasteiger partial charge in [-0.25, -0.2) is 4.98 Å². The maximum Gasteiger partial charge on any atom is 0.573 e. The number of nitrogens with zero attached hydrogens (tertiary/aromatic N) is 1. The molecule has 1 aromatic heterocycles. The number of benzene rings is 2. The van der Waals surface area contributed by atoms with Crippen LogP contribution in [0.2, 0.25) is 0 Å². The lowest BCUT2D eigenvalue weighted by molar-refractivity contribution is -0.274. The van der Waals surface area contributed by atoms with Crippen molar-refractivity contribution in [2.45, 2.75) is 19.5 Å². The van der Waals surface area contributed by atoms with Gasteiger partial charge in [0.1, 0.15) is 23.1 Å². The number of nitrogens with one attached hydrogen (secondary N) is 1. The first-order valence-electron chi connectivity index (χ1n) is 9.38. The number of anilines is 1. The van der Waals surface area contributed by atoms with Crippen LogP contribution in [-0.2, 0) is 17.9 Å². The Morgan fingerprint density at radius 1 is 0.969 bits per heavy atom. The van der Waals surface area contributed by atoms with Crippen molar-refractivity contribution in [2.24, 2.45) is 0 Å². The van der Waals surface area contributed by atoms with Crippen molar-refractivity contribution >= 4 is 11.7 Å². The monoisotopic (exact) mass is 447 g/mol. The fourth-order valence-electron chi connectivity index (χ4n) is 2.74. The number of amides is 1. The first kappa shape index (κ1) is 22.9. The molecule has 1 heterocycles. The van der Waals surface area contributed by atoms with Gasteiger partial charge < -0.3 is 25.3 Å². The fraction of sp³-hybridized carbons (Fsp3) is 0.182. The molecule has 0 aliphatic carbocycles. The third-order valence-electron chi connectivity index (χ3n) is 4.19. The number of hydrogen-bond donors (Lipinski definition) is 2. The number of rotatable bonds is 8. The maximum absolute atomic E-state index is 12.4. The molecule has 1 amide bonds. The molecule has 0 aliphatic heterocycles. The summed E-state index contributed by atoms with van der Waals surface area (Å²) in [5, 5.41) is 2.76. The van der Waals surface area contributed by atoms with E-state index < -0.39 is 6.36 Å². The minimum atomic E-state index is -4.75. The summed E-state index contributed by atoms with van der Waals surface area (Å²) in [6, 6.07) is 15.2. The summed E-state index contributed by atoms with van der Waals surface area (Å²) >= 11 is 0. The Morgan fingerprint density at radius 3 is 2.12 bits per heavy atom. The molecule has 0 spiro atoms. The van der Waals surface area contributed by atoms with Gasteiger partial charge in [-0.05, 0) is 54.1 Å². The Balaban J connectivity index is 1.54. The second kappa shape index (κ2) is 10.0. The Morgan fingerprint density at radius 2 is 1.56 bits per heavy atom. The van der Waals surface area contributed by atoms with E-state index in [0.717, 1.165) is 17.7 Å². The Kier molecular flexibility index (Phi) is 7.16. The molecule has 0 saturated carbocycles. The predicted molar refractivity (Wildman–Crippen MR) is 110 cm³/mol. The highest BCUT2D eigenvalue weighted by Gasteiger charge is 2.31. The third kappa shape index (κ3) is 6.61. The quantitative estimate of drug-likeness (QED) is 0.530. The minimum Gasteiger partial charge on any atom is -0.457 e. The van der Waals surface area contributed by atoms with Crippen LogP contribution in [0, 0.1) is 0 Å². The van der Waals surface area contributed by atoms with Crippen LogP contribution >= 0.6 is 0 Å². The summed E-state index contributed by atoms with van der Waals surface area (Å²) in [4.78, 5) is 16.5. The molecular weight excluding hydrogens is 427 g/mol. The fourth-order valence-corrected chi connectivity index (χ4v) is 2.74. The van der Waals surface area contributed by atoms with Gasteiger partial charge in [0.05, 0.1) is 17.9 Å². The summed E-state index contributed by atoms with van der Waals surface area (Å²) in [6.07, 6.45) is -4.75. The van der Waals surface area contributed by atoms with Crippen LogP contribution in [0.5, 0.6) is 17.2 Å². The molecule has 0 aliphatic rings. The number of halogens is 3. The highest BCUT2D eigenvalue weighted by molar-refractivity contribution is 5.98. The molecule has 168 valence electrons. The topological polar surface area (TPSA) is 95.7 Å².